The molecule has 0 bridgehead atoms. The van der Waals surface area contributed by atoms with Crippen LogP contribution >= 0.6 is 11.6 Å². The monoisotopic (exact) mass is 270 g/mol. The first-order valence-corrected chi connectivity index (χ1v) is 5.90. The standard InChI is InChI=1S/C11H11ClN2O4/c1-7(5-12)6-13-9-4-8(14(16)17)2-3-10(9)18-11(13)15/h2-4,7H,5-6H2,1H3. The summed E-state index contributed by atoms with van der Waals surface area (Å²) in [6.45, 7) is 2.26. The van der Waals surface area contributed by atoms with Crippen LogP contribution in [0.25, 0.3) is 11.1 Å². The van der Waals surface area contributed by atoms with Gasteiger partial charge in [0.05, 0.1) is 10.4 Å². The second kappa shape index (κ2) is 4.81. The molecule has 0 aliphatic rings. The summed E-state index contributed by atoms with van der Waals surface area (Å²) in [5.41, 5.74) is 0.689. The topological polar surface area (TPSA) is 78.3 Å². The number of nitro groups is 1. The van der Waals surface area contributed by atoms with E-state index in [-0.39, 0.29) is 11.6 Å². The molecule has 0 spiro atoms. The van der Waals surface area contributed by atoms with Crippen molar-refractivity contribution in [3.63, 3.8) is 0 Å². The van der Waals surface area contributed by atoms with Crippen LogP contribution in [-0.4, -0.2) is 15.4 Å². The molecule has 0 fully saturated rings. The van der Waals surface area contributed by atoms with Crippen LogP contribution in [0.5, 0.6) is 0 Å². The van der Waals surface area contributed by atoms with E-state index >= 15 is 0 Å². The molecular weight excluding hydrogens is 260 g/mol. The lowest BCUT2D eigenvalue weighted by Crippen LogP contribution is -2.19. The molecule has 2 rings (SSSR count). The van der Waals surface area contributed by atoms with Crippen LogP contribution in [0, 0.1) is 16.0 Å². The second-order valence-electron chi connectivity index (χ2n) is 4.15. The molecular formula is C11H11ClN2O4. The molecule has 7 heteroatoms. The third-order valence-corrected chi connectivity index (χ3v) is 3.15. The van der Waals surface area contributed by atoms with Crippen molar-refractivity contribution in [1.29, 1.82) is 0 Å². The summed E-state index contributed by atoms with van der Waals surface area (Å²) < 4.78 is 6.39. The Morgan fingerprint density at radius 1 is 1.56 bits per heavy atom. The summed E-state index contributed by atoms with van der Waals surface area (Å²) in [6, 6.07) is 4.07. The fourth-order valence-electron chi connectivity index (χ4n) is 1.70. The summed E-state index contributed by atoms with van der Waals surface area (Å²) in [5, 5.41) is 10.7. The molecule has 0 N–H and O–H groups in total. The van der Waals surface area contributed by atoms with E-state index in [0.717, 1.165) is 0 Å². The highest BCUT2D eigenvalue weighted by molar-refractivity contribution is 6.18. The van der Waals surface area contributed by atoms with E-state index in [1.54, 1.807) is 0 Å². The molecule has 0 saturated carbocycles. The predicted octanol–water partition coefficient (Wildman–Crippen LogP) is 2.38. The molecule has 2 aromatic rings. The summed E-state index contributed by atoms with van der Waals surface area (Å²) in [4.78, 5) is 21.9. The van der Waals surface area contributed by atoms with Gasteiger partial charge in [-0.3, -0.25) is 14.7 Å². The lowest BCUT2D eigenvalue weighted by atomic mass is 10.2. The Balaban J connectivity index is 2.57. The van der Waals surface area contributed by atoms with Gasteiger partial charge in [0.1, 0.15) is 0 Å². The van der Waals surface area contributed by atoms with E-state index in [4.69, 9.17) is 16.0 Å². The number of non-ortho nitro benzene ring substituents is 1. The molecule has 0 saturated heterocycles. The van der Waals surface area contributed by atoms with Crippen LogP contribution in [0.2, 0.25) is 0 Å². The van der Waals surface area contributed by atoms with Gasteiger partial charge in [-0.1, -0.05) is 6.92 Å². The highest BCUT2D eigenvalue weighted by Crippen LogP contribution is 2.20. The van der Waals surface area contributed by atoms with E-state index in [9.17, 15) is 14.9 Å². The molecule has 1 aromatic carbocycles. The number of halogens is 1. The lowest BCUT2D eigenvalue weighted by Gasteiger charge is -2.07. The van der Waals surface area contributed by atoms with Gasteiger partial charge in [-0.15, -0.1) is 11.6 Å². The molecule has 0 aliphatic heterocycles. The molecule has 6 nitrogen and oxygen atoms in total. The zero-order chi connectivity index (χ0) is 13.3. The van der Waals surface area contributed by atoms with E-state index in [2.05, 4.69) is 0 Å². The molecule has 1 aromatic heterocycles. The van der Waals surface area contributed by atoms with Crippen LogP contribution in [-0.2, 0) is 6.54 Å². The minimum Gasteiger partial charge on any atom is -0.408 e. The second-order valence-corrected chi connectivity index (χ2v) is 4.46. The largest absolute Gasteiger partial charge is 0.419 e. The molecule has 0 radical (unpaired) electrons. The highest BCUT2D eigenvalue weighted by atomic mass is 35.5. The van der Waals surface area contributed by atoms with Gasteiger partial charge >= 0.3 is 5.76 Å². The van der Waals surface area contributed by atoms with Gasteiger partial charge in [-0.05, 0) is 12.0 Å². The number of fused-ring (bicyclic) bond motifs is 1. The lowest BCUT2D eigenvalue weighted by molar-refractivity contribution is -0.384. The Hall–Kier alpha value is -1.82. The van der Waals surface area contributed by atoms with Gasteiger partial charge in [0.15, 0.2) is 5.58 Å². The molecule has 0 amide bonds. The third kappa shape index (κ3) is 2.24. The van der Waals surface area contributed by atoms with Crippen LogP contribution < -0.4 is 5.76 Å². The number of hydrogen-bond donors (Lipinski definition) is 0. The minimum absolute atomic E-state index is 0.0735. The zero-order valence-corrected chi connectivity index (χ0v) is 10.4. The molecule has 1 heterocycles. The maximum absolute atomic E-state index is 11.7. The van der Waals surface area contributed by atoms with Crippen LogP contribution in [0.3, 0.4) is 0 Å². The molecule has 1 atom stereocenters. The van der Waals surface area contributed by atoms with Crippen molar-refractivity contribution in [1.82, 2.24) is 4.57 Å². The van der Waals surface area contributed by atoms with E-state index in [0.29, 0.717) is 23.5 Å². The zero-order valence-electron chi connectivity index (χ0n) is 9.63. The van der Waals surface area contributed by atoms with Crippen LogP contribution in [0.15, 0.2) is 27.4 Å². The number of benzene rings is 1. The van der Waals surface area contributed by atoms with Crippen molar-refractivity contribution in [2.45, 2.75) is 13.5 Å². The number of aromatic nitrogens is 1. The van der Waals surface area contributed by atoms with Gasteiger partial charge in [-0.2, -0.15) is 0 Å². The number of nitrogens with zero attached hydrogens (tertiary/aromatic N) is 2. The number of alkyl halides is 1. The first-order valence-electron chi connectivity index (χ1n) is 5.36. The molecule has 1 unspecified atom stereocenters. The number of rotatable bonds is 4. The fourth-order valence-corrected chi connectivity index (χ4v) is 1.80. The van der Waals surface area contributed by atoms with Gasteiger partial charge in [0, 0.05) is 24.6 Å². The van der Waals surface area contributed by atoms with E-state index in [1.165, 1.54) is 22.8 Å². The number of oxazole rings is 1. The minimum atomic E-state index is -0.525. The Bertz CT molecular complexity index is 646. The summed E-state index contributed by atoms with van der Waals surface area (Å²) in [5.74, 6) is -0.0551. The molecule has 96 valence electrons. The normalized spacial score (nSPS) is 12.8. The van der Waals surface area contributed by atoms with Crippen molar-refractivity contribution < 1.29 is 9.34 Å². The van der Waals surface area contributed by atoms with Gasteiger partial charge in [-0.25, -0.2) is 4.79 Å². The van der Waals surface area contributed by atoms with Crippen molar-refractivity contribution in [2.75, 3.05) is 5.88 Å². The summed E-state index contributed by atoms with van der Waals surface area (Å²) in [6.07, 6.45) is 0. The maximum Gasteiger partial charge on any atom is 0.419 e. The summed E-state index contributed by atoms with van der Waals surface area (Å²) in [7, 11) is 0. The first kappa shape index (κ1) is 12.6. The molecule has 18 heavy (non-hydrogen) atoms. The first-order chi connectivity index (χ1) is 8.52. The van der Waals surface area contributed by atoms with Gasteiger partial charge in [0.2, 0.25) is 0 Å². The van der Waals surface area contributed by atoms with Crippen molar-refractivity contribution >= 4 is 28.4 Å². The van der Waals surface area contributed by atoms with Crippen LogP contribution in [0.4, 0.5) is 5.69 Å². The molecule has 0 aliphatic carbocycles. The average molecular weight is 271 g/mol. The Labute approximate surface area is 107 Å². The van der Waals surface area contributed by atoms with Crippen LogP contribution in [0.1, 0.15) is 6.92 Å². The Morgan fingerprint density at radius 3 is 2.89 bits per heavy atom. The predicted molar refractivity (Wildman–Crippen MR) is 67.0 cm³/mol. The van der Waals surface area contributed by atoms with Crippen molar-refractivity contribution in [3.8, 4) is 0 Å². The van der Waals surface area contributed by atoms with Crippen molar-refractivity contribution in [3.05, 3.63) is 38.9 Å². The summed E-state index contributed by atoms with van der Waals surface area (Å²) >= 11 is 5.70. The van der Waals surface area contributed by atoms with E-state index in [1.807, 2.05) is 6.92 Å². The smallest absolute Gasteiger partial charge is 0.408 e. The average Bonchev–Trinajstić information content (AvgIpc) is 2.65. The number of hydrogen-bond acceptors (Lipinski definition) is 4. The van der Waals surface area contributed by atoms with Crippen molar-refractivity contribution in [2.24, 2.45) is 5.92 Å². The quantitative estimate of drug-likeness (QED) is 0.485. The maximum atomic E-state index is 11.7. The SMILES string of the molecule is CC(CCl)Cn1c(=O)oc2ccc([N+](=O)[O-])cc21. The van der Waals surface area contributed by atoms with Gasteiger partial charge in [0.25, 0.3) is 5.69 Å². The fraction of sp³-hybridized carbons (Fsp3) is 0.364. The van der Waals surface area contributed by atoms with Gasteiger partial charge < -0.3 is 4.42 Å². The highest BCUT2D eigenvalue weighted by Gasteiger charge is 2.15. The Morgan fingerprint density at radius 2 is 2.28 bits per heavy atom. The number of nitro benzene ring substituents is 1. The van der Waals surface area contributed by atoms with E-state index < -0.39 is 10.7 Å². The third-order valence-electron chi connectivity index (χ3n) is 2.62. The Kier molecular flexibility index (Phi) is 3.38.